The van der Waals surface area contributed by atoms with E-state index in [-0.39, 0.29) is 68.2 Å². The number of allylic oxidation sites excluding steroid dienone is 2. The van der Waals surface area contributed by atoms with Crippen molar-refractivity contribution in [2.24, 2.45) is 41.4 Å². The van der Waals surface area contributed by atoms with Gasteiger partial charge in [-0.1, -0.05) is 122 Å². The molecule has 0 aromatic carbocycles. The van der Waals surface area contributed by atoms with E-state index in [2.05, 4.69) is 26.6 Å². The number of hydrogen-bond acceptors (Lipinski definition) is 14. The van der Waals surface area contributed by atoms with Gasteiger partial charge in [0.15, 0.2) is 0 Å². The van der Waals surface area contributed by atoms with Crippen molar-refractivity contribution < 1.29 is 62.6 Å². The molecule has 1 saturated heterocycles. The second-order valence-corrected chi connectivity index (χ2v) is 28.8. The van der Waals surface area contributed by atoms with E-state index in [9.17, 15) is 38.7 Å². The normalized spacial score (nSPS) is 27.0. The number of aliphatic hydroxyl groups excluding tert-OH is 1. The maximum atomic E-state index is 16.2. The molecule has 1 aliphatic heterocycles. The van der Waals surface area contributed by atoms with E-state index >= 15 is 19.2 Å². The summed E-state index contributed by atoms with van der Waals surface area (Å²) in [5, 5.41) is 26.9. The molecule has 0 bridgehead atoms. The lowest BCUT2D eigenvalue weighted by Gasteiger charge is -2.49. The van der Waals surface area contributed by atoms with E-state index in [0.29, 0.717) is 0 Å². The summed E-state index contributed by atoms with van der Waals surface area (Å²) in [7, 11) is 9.83. The van der Waals surface area contributed by atoms with Crippen LogP contribution >= 0.6 is 0 Å². The van der Waals surface area contributed by atoms with Crippen molar-refractivity contribution in [1.82, 2.24) is 60.9 Å². The summed E-state index contributed by atoms with van der Waals surface area (Å²) >= 11 is 0. The summed E-state index contributed by atoms with van der Waals surface area (Å²) in [4.78, 5) is 172. The molecule has 94 heavy (non-hydrogen) atoms. The fourth-order valence-electron chi connectivity index (χ4n) is 12.1. The molecule has 25 nitrogen and oxygen atoms in total. The van der Waals surface area contributed by atoms with Gasteiger partial charge in [-0.15, -0.1) is 0 Å². The topological polar surface area (TPSA) is 300 Å². The van der Waals surface area contributed by atoms with Crippen molar-refractivity contribution in [1.29, 1.82) is 0 Å². The van der Waals surface area contributed by atoms with Crippen LogP contribution in [0, 0.1) is 41.4 Å². The zero-order chi connectivity index (χ0) is 72.9. The van der Waals surface area contributed by atoms with Crippen molar-refractivity contribution in [3.05, 3.63) is 12.2 Å². The van der Waals surface area contributed by atoms with Crippen LogP contribution in [-0.2, 0) is 57.5 Å². The largest absolute Gasteiger partial charge is 0.390 e. The second-order valence-electron chi connectivity index (χ2n) is 28.8. The maximum Gasteiger partial charge on any atom is 0.277 e. The average Bonchev–Trinajstić information content (AvgIpc) is 0.754. The highest BCUT2D eigenvalue weighted by Gasteiger charge is 2.56. The van der Waals surface area contributed by atoms with E-state index in [1.165, 1.54) is 82.8 Å². The lowest BCUT2D eigenvalue weighted by molar-refractivity contribution is -0.223. The first-order chi connectivity index (χ1) is 43.4. The van der Waals surface area contributed by atoms with Crippen LogP contribution in [0.3, 0.4) is 0 Å². The molecule has 1 fully saturated rings. The van der Waals surface area contributed by atoms with E-state index in [0.717, 1.165) is 27.5 Å². The average molecular weight is 1330 g/mol. The number of amides is 11. The number of hydrogen-bond donors (Lipinski definition) is 6. The third-order valence-electron chi connectivity index (χ3n) is 17.9. The standard InChI is InChI=1S/C69H126N12O13/c1-28-31-33-45(16)58(83)57-62(87)73-50(30-3)64(89)75(21)38-55(82)76(22)51(34-39(4)5)61(86)74-56(43(12)13)67(92)77(23)52(35-40(6)7)60(85)71-47(18)59(84)72-48(19)63(88)78(24)53(36-41(8)9)65(90)79(25)54(37-42(10)11)66(91)81(27)69(44(14)15,68(93)80(57)26)94-49(20)70-46(17)32-29-2/h28,31,39-54,56-58,70,83H,29-30,32-38H2,1-27H3,(H,71,85)(H,72,84)(H,73,87)(H,74,86)/b31-28+/t45-,46?,47+,48-,49?,50+,51+,52+,53+,54+,56+,57+,58-,69+/m1/s1. The van der Waals surface area contributed by atoms with Crippen LogP contribution in [0.4, 0.5) is 0 Å². The van der Waals surface area contributed by atoms with E-state index < -0.39 is 162 Å². The molecular weight excluding hydrogens is 1200 g/mol. The zero-order valence-electron chi connectivity index (χ0n) is 62.5. The van der Waals surface area contributed by atoms with Crippen LogP contribution in [0.15, 0.2) is 12.2 Å². The lowest BCUT2D eigenvalue weighted by atomic mass is 9.89. The summed E-state index contributed by atoms with van der Waals surface area (Å²) in [6.07, 6.45) is 3.29. The molecule has 0 aromatic heterocycles. The molecule has 2 unspecified atom stereocenters. The van der Waals surface area contributed by atoms with Crippen LogP contribution in [0.1, 0.15) is 190 Å². The maximum absolute atomic E-state index is 16.2. The zero-order valence-corrected chi connectivity index (χ0v) is 62.5. The fraction of sp³-hybridized carbons (Fsp3) is 0.812. The van der Waals surface area contributed by atoms with Crippen molar-refractivity contribution in [3.8, 4) is 0 Å². The highest BCUT2D eigenvalue weighted by Crippen LogP contribution is 2.34. The Balaban J connectivity index is 4.64. The second kappa shape index (κ2) is 39.1. The van der Waals surface area contributed by atoms with E-state index in [1.807, 2.05) is 69.2 Å². The first kappa shape index (κ1) is 85.8. The van der Waals surface area contributed by atoms with Crippen LogP contribution in [0.25, 0.3) is 0 Å². The van der Waals surface area contributed by atoms with Gasteiger partial charge in [0.05, 0.1) is 12.6 Å². The van der Waals surface area contributed by atoms with Gasteiger partial charge in [-0.25, -0.2) is 0 Å². The molecule has 0 aliphatic carbocycles. The quantitative estimate of drug-likeness (QED) is 0.0669. The molecule has 1 aliphatic rings. The Hall–Kier alpha value is -6.21. The van der Waals surface area contributed by atoms with Crippen LogP contribution < -0.4 is 26.6 Å². The summed E-state index contributed by atoms with van der Waals surface area (Å²) in [5.41, 5.74) is -2.30. The Morgan fingerprint density at radius 1 is 0.553 bits per heavy atom. The number of nitrogens with zero attached hydrogens (tertiary/aromatic N) is 7. The van der Waals surface area contributed by atoms with E-state index in [1.54, 1.807) is 67.5 Å². The predicted molar refractivity (Wildman–Crippen MR) is 365 cm³/mol. The minimum absolute atomic E-state index is 0.0153. The van der Waals surface area contributed by atoms with Crippen LogP contribution in [-0.4, -0.2) is 239 Å². The molecule has 25 heteroatoms. The van der Waals surface area contributed by atoms with Gasteiger partial charge < -0.3 is 65.4 Å². The molecule has 11 amide bonds. The van der Waals surface area contributed by atoms with Crippen molar-refractivity contribution in [2.75, 3.05) is 55.9 Å². The minimum atomic E-state index is -2.30. The SMILES string of the molecule is C/C=C/C[C@@H](C)[C@@H](O)[C@H]1C(=O)N[C@@H](CC)C(=O)N(C)CC(=O)N(C)[C@@H](CC(C)C)C(=O)N[C@@H](C(C)C)C(=O)N(C)[C@@H](CC(C)C)C(=O)N[C@@H](C)C(=O)N[C@H](C)C(=O)N(C)[C@@H](CC(C)C)C(=O)N(C)[C@@H](CC(C)C)C(=O)N(C)[C@](OC(C)NC(C)CCC)(C(C)C)C(=O)N1C. The first-order valence-electron chi connectivity index (χ1n) is 34.2. The lowest BCUT2D eigenvalue weighted by Crippen LogP contribution is -2.71. The molecule has 6 N–H and O–H groups in total. The Morgan fingerprint density at radius 2 is 1.01 bits per heavy atom. The number of aliphatic hydroxyl groups is 1. The predicted octanol–water partition coefficient (Wildman–Crippen LogP) is 4.74. The Kier molecular flexibility index (Phi) is 35.7. The summed E-state index contributed by atoms with van der Waals surface area (Å²) < 4.78 is 6.95. The van der Waals surface area contributed by atoms with E-state index in [4.69, 9.17) is 4.74 Å². The monoisotopic (exact) mass is 1330 g/mol. The highest BCUT2D eigenvalue weighted by atomic mass is 16.5. The molecule has 1 rings (SSSR count). The molecular formula is C69H126N12O13. The molecule has 0 spiro atoms. The number of rotatable bonds is 21. The third-order valence-corrected chi connectivity index (χ3v) is 17.9. The number of nitrogens with one attached hydrogen (secondary N) is 5. The number of carbonyl (C=O) groups excluding carboxylic acids is 11. The van der Waals surface area contributed by atoms with Gasteiger partial charge in [-0.2, -0.15) is 0 Å². The van der Waals surface area contributed by atoms with Crippen molar-refractivity contribution >= 4 is 65.0 Å². The first-order valence-corrected chi connectivity index (χ1v) is 34.2. The highest BCUT2D eigenvalue weighted by molar-refractivity contribution is 6.00. The number of ether oxygens (including phenoxy) is 1. The summed E-state index contributed by atoms with van der Waals surface area (Å²) in [6.45, 7) is 34.8. The molecule has 14 atom stereocenters. The summed E-state index contributed by atoms with van der Waals surface area (Å²) in [6, 6.07) is -11.7. The smallest absolute Gasteiger partial charge is 0.277 e. The molecule has 0 saturated carbocycles. The van der Waals surface area contributed by atoms with Gasteiger partial charge in [0.2, 0.25) is 64.8 Å². The Bertz CT molecular complexity index is 2560. The molecule has 0 radical (unpaired) electrons. The molecule has 1 heterocycles. The van der Waals surface area contributed by atoms with Gasteiger partial charge in [0, 0.05) is 61.3 Å². The van der Waals surface area contributed by atoms with Gasteiger partial charge in [-0.3, -0.25) is 58.1 Å². The van der Waals surface area contributed by atoms with Crippen LogP contribution in [0.2, 0.25) is 0 Å². The minimum Gasteiger partial charge on any atom is -0.390 e. The Labute approximate surface area is 564 Å². The fourth-order valence-corrected chi connectivity index (χ4v) is 12.1. The number of likely N-dealkylation sites (N-methyl/N-ethyl adjacent to an activating group) is 7. The summed E-state index contributed by atoms with van der Waals surface area (Å²) in [5.74, 6) is -10.8. The van der Waals surface area contributed by atoms with Crippen molar-refractivity contribution in [2.45, 2.75) is 268 Å². The third kappa shape index (κ3) is 23.6. The van der Waals surface area contributed by atoms with Crippen LogP contribution in [0.5, 0.6) is 0 Å². The molecule has 540 valence electrons. The van der Waals surface area contributed by atoms with Gasteiger partial charge in [0.25, 0.3) is 5.91 Å². The number of carbonyl (C=O) groups is 11. The van der Waals surface area contributed by atoms with Gasteiger partial charge >= 0.3 is 0 Å². The van der Waals surface area contributed by atoms with Crippen molar-refractivity contribution in [3.63, 3.8) is 0 Å². The van der Waals surface area contributed by atoms with Gasteiger partial charge in [-0.05, 0) is 115 Å². The molecule has 0 aromatic rings. The van der Waals surface area contributed by atoms with Gasteiger partial charge in [0.1, 0.15) is 60.6 Å². The Morgan fingerprint density at radius 3 is 1.48 bits per heavy atom.